The molecule has 0 radical (unpaired) electrons. The van der Waals surface area contributed by atoms with Crippen LogP contribution in [0.4, 0.5) is 0 Å². The third-order valence-electron chi connectivity index (χ3n) is 6.94. The number of carbonyl (C=O) groups is 1. The van der Waals surface area contributed by atoms with Gasteiger partial charge in [-0.05, 0) is 60.5 Å². The number of rotatable bonds is 10. The number of aromatic nitrogens is 3. The fourth-order valence-corrected chi connectivity index (χ4v) is 5.58. The second-order valence-corrected chi connectivity index (χ2v) is 10.3. The highest BCUT2D eigenvalue weighted by Crippen LogP contribution is 2.39. The monoisotopic (exact) mass is 596 g/mol. The Hall–Kier alpha value is -3.97. The first-order valence-corrected chi connectivity index (χ1v) is 14.6. The molecule has 7 heteroatoms. The van der Waals surface area contributed by atoms with Crippen molar-refractivity contribution in [2.45, 2.75) is 33.6 Å². The predicted molar refractivity (Wildman–Crippen MR) is 164 cm³/mol. The highest BCUT2D eigenvalue weighted by atomic mass is 79.9. The van der Waals surface area contributed by atoms with E-state index >= 15 is 0 Å². The minimum Gasteiger partial charge on any atom is -0.494 e. The van der Waals surface area contributed by atoms with Gasteiger partial charge in [0.1, 0.15) is 5.75 Å². The van der Waals surface area contributed by atoms with Crippen molar-refractivity contribution in [3.05, 3.63) is 95.0 Å². The Labute approximate surface area is 243 Å². The van der Waals surface area contributed by atoms with Crippen LogP contribution in [-0.2, 0) is 11.2 Å². The summed E-state index contributed by atoms with van der Waals surface area (Å²) >= 11 is 3.88. The Morgan fingerprint density at radius 3 is 2.02 bits per heavy atom. The average molecular weight is 598 g/mol. The number of ether oxygens (including phenoxy) is 1. The molecule has 0 saturated heterocycles. The van der Waals surface area contributed by atoms with Crippen molar-refractivity contribution < 1.29 is 9.53 Å². The largest absolute Gasteiger partial charge is 0.494 e. The van der Waals surface area contributed by atoms with Crippen LogP contribution in [0.25, 0.3) is 39.4 Å². The number of hydrogen-bond acceptors (Lipinski definition) is 4. The van der Waals surface area contributed by atoms with Crippen LogP contribution in [0, 0.1) is 0 Å². The zero-order valence-electron chi connectivity index (χ0n) is 23.1. The first-order chi connectivity index (χ1) is 19.5. The van der Waals surface area contributed by atoms with E-state index < -0.39 is 0 Å². The maximum atomic E-state index is 13.5. The molecule has 0 N–H and O–H groups in total. The number of nitrogens with zero attached hydrogens (tertiary/aromatic N) is 4. The molecule has 2 aromatic heterocycles. The number of carbonyl (C=O) groups excluding carboxylic acids is 1. The van der Waals surface area contributed by atoms with Gasteiger partial charge in [0.05, 0.1) is 34.6 Å². The fourth-order valence-electron chi connectivity index (χ4n) is 4.87. The lowest BCUT2D eigenvalue weighted by atomic mass is 10.0. The predicted octanol–water partition coefficient (Wildman–Crippen LogP) is 7.69. The lowest BCUT2D eigenvalue weighted by molar-refractivity contribution is -0.130. The molecule has 5 aromatic rings. The molecule has 204 valence electrons. The molecule has 0 aliphatic heterocycles. The van der Waals surface area contributed by atoms with Gasteiger partial charge >= 0.3 is 0 Å². The number of amides is 1. The molecule has 2 heterocycles. The molecule has 40 heavy (non-hydrogen) atoms. The number of benzene rings is 3. The second kappa shape index (κ2) is 12.5. The van der Waals surface area contributed by atoms with Crippen molar-refractivity contribution >= 4 is 27.5 Å². The second-order valence-electron chi connectivity index (χ2n) is 9.53. The summed E-state index contributed by atoms with van der Waals surface area (Å²) in [6.45, 7) is 8.06. The number of halogens is 1. The van der Waals surface area contributed by atoms with Gasteiger partial charge in [-0.2, -0.15) is 5.10 Å². The molecule has 6 nitrogen and oxygen atoms in total. The molecule has 0 unspecified atom stereocenters. The van der Waals surface area contributed by atoms with Gasteiger partial charge in [-0.3, -0.25) is 4.79 Å². The van der Waals surface area contributed by atoms with Crippen LogP contribution in [0.2, 0.25) is 0 Å². The van der Waals surface area contributed by atoms with Crippen molar-refractivity contribution in [2.24, 2.45) is 0 Å². The van der Waals surface area contributed by atoms with E-state index in [1.165, 1.54) is 0 Å². The van der Waals surface area contributed by atoms with Crippen LogP contribution in [-0.4, -0.2) is 45.1 Å². The van der Waals surface area contributed by atoms with Gasteiger partial charge in [0.25, 0.3) is 0 Å². The van der Waals surface area contributed by atoms with E-state index in [1.807, 2.05) is 96.1 Å². The average Bonchev–Trinajstić information content (AvgIpc) is 3.34. The van der Waals surface area contributed by atoms with Crippen molar-refractivity contribution in [2.75, 3.05) is 19.7 Å². The normalized spacial score (nSPS) is 11.1. The van der Waals surface area contributed by atoms with Gasteiger partial charge < -0.3 is 9.64 Å². The molecule has 0 aliphatic rings. The minimum absolute atomic E-state index is 0.0521. The minimum atomic E-state index is 0.0521. The van der Waals surface area contributed by atoms with Crippen LogP contribution < -0.4 is 4.74 Å². The summed E-state index contributed by atoms with van der Waals surface area (Å²) in [6.07, 6.45) is 1.14. The topological polar surface area (TPSA) is 59.7 Å². The van der Waals surface area contributed by atoms with Gasteiger partial charge in [-0.1, -0.05) is 67.6 Å². The molecule has 5 rings (SSSR count). The molecule has 0 saturated carbocycles. The van der Waals surface area contributed by atoms with Crippen LogP contribution in [0.1, 0.15) is 32.8 Å². The van der Waals surface area contributed by atoms with Gasteiger partial charge in [0.2, 0.25) is 5.91 Å². The van der Waals surface area contributed by atoms with Crippen molar-refractivity contribution in [1.82, 2.24) is 19.5 Å². The SMILES string of the molecule is CCCOc1ccc(-c2nn3c(-c4ccccc4)c(Br)c(-c4ccccc4)nc3c2CC(=O)N(CC)CC)cc1. The van der Waals surface area contributed by atoms with Crippen LogP contribution in [0.3, 0.4) is 0 Å². The quantitative estimate of drug-likeness (QED) is 0.166. The van der Waals surface area contributed by atoms with Gasteiger partial charge in [0.15, 0.2) is 5.65 Å². The fraction of sp³-hybridized carbons (Fsp3) is 0.242. The highest BCUT2D eigenvalue weighted by molar-refractivity contribution is 9.10. The van der Waals surface area contributed by atoms with E-state index in [1.54, 1.807) is 0 Å². The Bertz CT molecular complexity index is 1600. The van der Waals surface area contributed by atoms with E-state index in [0.717, 1.165) is 56.0 Å². The maximum absolute atomic E-state index is 13.5. The third kappa shape index (κ3) is 5.52. The molecule has 3 aromatic carbocycles. The molecule has 0 bridgehead atoms. The molecule has 0 atom stereocenters. The van der Waals surface area contributed by atoms with Crippen molar-refractivity contribution in [3.8, 4) is 39.5 Å². The Morgan fingerprint density at radius 2 is 1.43 bits per heavy atom. The summed E-state index contributed by atoms with van der Waals surface area (Å²) in [5.41, 5.74) is 6.79. The van der Waals surface area contributed by atoms with E-state index in [0.29, 0.717) is 25.3 Å². The number of fused-ring (bicyclic) bond motifs is 1. The maximum Gasteiger partial charge on any atom is 0.227 e. The molecular formula is C33H33BrN4O2. The van der Waals surface area contributed by atoms with Gasteiger partial charge in [-0.15, -0.1) is 0 Å². The Kier molecular flexibility index (Phi) is 8.60. The van der Waals surface area contributed by atoms with E-state index in [4.69, 9.17) is 14.8 Å². The number of likely N-dealkylation sites (N-methyl/N-ethyl adjacent to an activating group) is 1. The van der Waals surface area contributed by atoms with Crippen molar-refractivity contribution in [3.63, 3.8) is 0 Å². The van der Waals surface area contributed by atoms with E-state index in [2.05, 4.69) is 35.0 Å². The number of hydrogen-bond donors (Lipinski definition) is 0. The summed E-state index contributed by atoms with van der Waals surface area (Å²) in [6, 6.07) is 28.2. The molecule has 1 amide bonds. The van der Waals surface area contributed by atoms with Gasteiger partial charge in [-0.25, -0.2) is 9.50 Å². The summed E-state index contributed by atoms with van der Waals surface area (Å²) in [5.74, 6) is 0.864. The summed E-state index contributed by atoms with van der Waals surface area (Å²) < 4.78 is 8.54. The van der Waals surface area contributed by atoms with Crippen LogP contribution in [0.5, 0.6) is 5.75 Å². The Morgan fingerprint density at radius 1 is 0.825 bits per heavy atom. The zero-order chi connectivity index (χ0) is 28.1. The first kappa shape index (κ1) is 27.6. The van der Waals surface area contributed by atoms with Crippen molar-refractivity contribution in [1.29, 1.82) is 0 Å². The standard InChI is InChI=1S/C33H33BrN4O2/c1-4-21-40-26-19-17-24(18-20-26)30-27(22-28(39)37(5-2)6-3)33-35-31(23-13-9-7-10-14-23)29(34)32(38(33)36-30)25-15-11-8-12-16-25/h7-20H,4-6,21-22H2,1-3H3. The highest BCUT2D eigenvalue weighted by Gasteiger charge is 2.25. The third-order valence-corrected chi connectivity index (χ3v) is 7.69. The Balaban J connectivity index is 1.78. The first-order valence-electron chi connectivity index (χ1n) is 13.8. The lowest BCUT2D eigenvalue weighted by Gasteiger charge is -2.18. The smallest absolute Gasteiger partial charge is 0.227 e. The summed E-state index contributed by atoms with van der Waals surface area (Å²) in [7, 11) is 0. The molecule has 0 aliphatic carbocycles. The van der Waals surface area contributed by atoms with Gasteiger partial charge in [0, 0.05) is 35.3 Å². The van der Waals surface area contributed by atoms with Crippen LogP contribution in [0.15, 0.2) is 89.4 Å². The summed E-state index contributed by atoms with van der Waals surface area (Å²) in [4.78, 5) is 20.5. The zero-order valence-corrected chi connectivity index (χ0v) is 24.7. The van der Waals surface area contributed by atoms with E-state index in [-0.39, 0.29) is 12.3 Å². The van der Waals surface area contributed by atoms with Crippen LogP contribution >= 0.6 is 15.9 Å². The molecule has 0 fully saturated rings. The molecular weight excluding hydrogens is 564 g/mol. The molecule has 0 spiro atoms. The lowest BCUT2D eigenvalue weighted by Crippen LogP contribution is -2.31. The van der Waals surface area contributed by atoms with E-state index in [9.17, 15) is 4.79 Å². The summed E-state index contributed by atoms with van der Waals surface area (Å²) in [5, 5.41) is 5.12.